The van der Waals surface area contributed by atoms with Gasteiger partial charge in [-0.05, 0) is 6.07 Å². The average Bonchev–Trinajstić information content (AvgIpc) is 2.70. The molecule has 0 amide bonds. The van der Waals surface area contributed by atoms with Crippen LogP contribution in [0.4, 0.5) is 10.2 Å². The minimum absolute atomic E-state index is 0.000228. The highest BCUT2D eigenvalue weighted by molar-refractivity contribution is 5.28. The quantitative estimate of drug-likeness (QED) is 0.630. The van der Waals surface area contributed by atoms with Crippen molar-refractivity contribution < 1.29 is 19.4 Å². The number of ether oxygens (including phenoxy) is 1. The number of aliphatic hydroxyl groups is 1. The van der Waals surface area contributed by atoms with Crippen LogP contribution in [0.15, 0.2) is 17.1 Å². The average molecular weight is 245 g/mol. The third-order valence-corrected chi connectivity index (χ3v) is 2.60. The summed E-state index contributed by atoms with van der Waals surface area (Å²) in [5, 5.41) is 17.4. The zero-order valence-electron chi connectivity index (χ0n) is 8.78. The number of rotatable bonds is 3. The molecule has 0 spiro atoms. The van der Waals surface area contributed by atoms with Crippen LogP contribution in [-0.2, 0) is 4.74 Å². The summed E-state index contributed by atoms with van der Waals surface area (Å²) in [6.45, 7) is -0.434. The fourth-order valence-electron chi connectivity index (χ4n) is 1.72. The summed E-state index contributed by atoms with van der Waals surface area (Å²) in [6.07, 6.45) is -1.69. The zero-order chi connectivity index (χ0) is 12.4. The number of halogens is 1. The van der Waals surface area contributed by atoms with E-state index in [2.05, 4.69) is 4.98 Å². The molecular formula is C9H12FN3O4. The maximum Gasteiger partial charge on any atom is 0.351 e. The molecule has 3 atom stereocenters. The summed E-state index contributed by atoms with van der Waals surface area (Å²) in [6, 6.07) is 1.35. The van der Waals surface area contributed by atoms with Crippen molar-refractivity contribution in [3.63, 3.8) is 0 Å². The van der Waals surface area contributed by atoms with Gasteiger partial charge in [-0.1, -0.05) is 0 Å². The molecule has 2 heterocycles. The summed E-state index contributed by atoms with van der Waals surface area (Å²) in [4.78, 5) is 15.0. The van der Waals surface area contributed by atoms with Crippen LogP contribution in [0.5, 0.6) is 0 Å². The van der Waals surface area contributed by atoms with Crippen LogP contribution >= 0.6 is 0 Å². The smallest absolute Gasteiger partial charge is 0.351 e. The van der Waals surface area contributed by atoms with Gasteiger partial charge < -0.3 is 9.84 Å². The van der Waals surface area contributed by atoms with E-state index in [-0.39, 0.29) is 12.2 Å². The molecule has 2 rings (SSSR count). The molecule has 0 unspecified atom stereocenters. The Labute approximate surface area is 95.4 Å². The van der Waals surface area contributed by atoms with Gasteiger partial charge in [0.05, 0.1) is 6.61 Å². The van der Waals surface area contributed by atoms with Gasteiger partial charge in [-0.25, -0.2) is 9.18 Å². The van der Waals surface area contributed by atoms with Crippen LogP contribution in [0, 0.1) is 0 Å². The first-order valence-electron chi connectivity index (χ1n) is 5.05. The summed E-state index contributed by atoms with van der Waals surface area (Å²) in [5.74, 6) is -0.000228. The first-order chi connectivity index (χ1) is 8.15. The normalized spacial score (nSPS) is 28.3. The minimum Gasteiger partial charge on any atom is -0.394 e. The van der Waals surface area contributed by atoms with Gasteiger partial charge in [0.25, 0.3) is 0 Å². The molecule has 1 aliphatic rings. The van der Waals surface area contributed by atoms with Crippen molar-refractivity contribution in [1.82, 2.24) is 9.55 Å². The third-order valence-electron chi connectivity index (χ3n) is 2.60. The molecule has 3 N–H and O–H groups in total. The third kappa shape index (κ3) is 2.28. The van der Waals surface area contributed by atoms with Gasteiger partial charge >= 0.3 is 5.69 Å². The van der Waals surface area contributed by atoms with Crippen molar-refractivity contribution in [2.75, 3.05) is 12.1 Å². The van der Waals surface area contributed by atoms with Crippen LogP contribution in [0.25, 0.3) is 0 Å². The van der Waals surface area contributed by atoms with E-state index in [0.717, 1.165) is 4.57 Å². The Hall–Kier alpha value is -1.51. The second-order valence-corrected chi connectivity index (χ2v) is 3.68. The van der Waals surface area contributed by atoms with Gasteiger partial charge in [0.1, 0.15) is 18.5 Å². The fourth-order valence-corrected chi connectivity index (χ4v) is 1.72. The largest absolute Gasteiger partial charge is 0.394 e. The van der Waals surface area contributed by atoms with Crippen molar-refractivity contribution in [1.29, 1.82) is 0 Å². The Morgan fingerprint density at radius 3 is 3.00 bits per heavy atom. The van der Waals surface area contributed by atoms with E-state index in [4.69, 9.17) is 15.1 Å². The number of alkyl halides is 1. The monoisotopic (exact) mass is 245 g/mol. The van der Waals surface area contributed by atoms with Gasteiger partial charge in [-0.15, -0.1) is 0 Å². The molecule has 17 heavy (non-hydrogen) atoms. The van der Waals surface area contributed by atoms with Gasteiger partial charge in [0, 0.05) is 12.6 Å². The van der Waals surface area contributed by atoms with E-state index in [1.807, 2.05) is 0 Å². The van der Waals surface area contributed by atoms with Crippen LogP contribution in [0.1, 0.15) is 12.6 Å². The molecule has 0 bridgehead atoms. The Bertz CT molecular complexity index is 452. The van der Waals surface area contributed by atoms with Crippen LogP contribution in [-0.4, -0.2) is 38.7 Å². The second-order valence-electron chi connectivity index (χ2n) is 3.68. The van der Waals surface area contributed by atoms with Crippen LogP contribution in [0.3, 0.4) is 0 Å². The SMILES string of the molecule is O=c1nc(NO)ccn1[C@@H]1C[C@H](F)[C@@H](CO)O1. The predicted octanol–water partition coefficient (Wildman–Crippen LogP) is -0.338. The van der Waals surface area contributed by atoms with Crippen molar-refractivity contribution in [3.05, 3.63) is 22.7 Å². The van der Waals surface area contributed by atoms with E-state index in [0.29, 0.717) is 0 Å². The molecule has 1 saturated heterocycles. The van der Waals surface area contributed by atoms with Crippen LogP contribution in [0.2, 0.25) is 0 Å². The molecule has 8 heteroatoms. The van der Waals surface area contributed by atoms with Crippen molar-refractivity contribution in [2.45, 2.75) is 24.9 Å². The highest BCUT2D eigenvalue weighted by Crippen LogP contribution is 2.29. The number of hydrogen-bond acceptors (Lipinski definition) is 6. The summed E-state index contributed by atoms with van der Waals surface area (Å²) >= 11 is 0. The number of nitrogens with zero attached hydrogens (tertiary/aromatic N) is 2. The summed E-state index contributed by atoms with van der Waals surface area (Å²) < 4.78 is 19.6. The lowest BCUT2D eigenvalue weighted by atomic mass is 10.2. The maximum atomic E-state index is 13.3. The molecule has 0 aliphatic carbocycles. The lowest BCUT2D eigenvalue weighted by molar-refractivity contribution is -0.0355. The van der Waals surface area contributed by atoms with E-state index in [1.165, 1.54) is 12.3 Å². The summed E-state index contributed by atoms with van der Waals surface area (Å²) in [5.41, 5.74) is 1.07. The Morgan fingerprint density at radius 2 is 2.47 bits per heavy atom. The zero-order valence-corrected chi connectivity index (χ0v) is 8.78. The minimum atomic E-state index is -1.31. The van der Waals surface area contributed by atoms with Gasteiger partial charge in [-0.3, -0.25) is 15.3 Å². The molecule has 1 fully saturated rings. The van der Waals surface area contributed by atoms with E-state index in [9.17, 15) is 9.18 Å². The lowest BCUT2D eigenvalue weighted by Gasteiger charge is -2.14. The number of nitrogens with one attached hydrogen (secondary N) is 1. The number of aliphatic hydroxyl groups excluding tert-OH is 1. The van der Waals surface area contributed by atoms with E-state index in [1.54, 1.807) is 5.48 Å². The van der Waals surface area contributed by atoms with E-state index >= 15 is 0 Å². The molecule has 0 radical (unpaired) electrons. The van der Waals surface area contributed by atoms with Crippen molar-refractivity contribution >= 4 is 5.82 Å². The molecule has 1 aliphatic heterocycles. The molecule has 7 nitrogen and oxygen atoms in total. The predicted molar refractivity (Wildman–Crippen MR) is 54.4 cm³/mol. The maximum absolute atomic E-state index is 13.3. The Morgan fingerprint density at radius 1 is 1.71 bits per heavy atom. The standard InChI is InChI=1S/C9H12FN3O4/c10-5-3-8(17-6(5)4-14)13-2-1-7(12-16)11-9(13)15/h1-2,5-6,8,14,16H,3-4H2,(H,11,12,15)/t5-,6+,8-/m0/s1. The number of hydrogen-bond donors (Lipinski definition) is 3. The van der Waals surface area contributed by atoms with Crippen molar-refractivity contribution in [3.8, 4) is 0 Å². The first-order valence-corrected chi connectivity index (χ1v) is 5.05. The first kappa shape index (κ1) is 12.0. The Kier molecular flexibility index (Phi) is 3.36. The van der Waals surface area contributed by atoms with Gasteiger partial charge in [-0.2, -0.15) is 4.98 Å². The van der Waals surface area contributed by atoms with E-state index < -0.39 is 30.8 Å². The second kappa shape index (κ2) is 4.78. The van der Waals surface area contributed by atoms with Gasteiger partial charge in [0.2, 0.25) is 0 Å². The van der Waals surface area contributed by atoms with Crippen LogP contribution < -0.4 is 11.2 Å². The lowest BCUT2D eigenvalue weighted by Crippen LogP contribution is -2.27. The molecule has 94 valence electrons. The number of aromatic nitrogens is 2. The highest BCUT2D eigenvalue weighted by Gasteiger charge is 2.36. The Balaban J connectivity index is 2.22. The molecule has 0 saturated carbocycles. The highest BCUT2D eigenvalue weighted by atomic mass is 19.1. The van der Waals surface area contributed by atoms with Crippen molar-refractivity contribution in [2.24, 2.45) is 0 Å². The fraction of sp³-hybridized carbons (Fsp3) is 0.556. The molecule has 1 aromatic rings. The molecule has 1 aromatic heterocycles. The molecular weight excluding hydrogens is 233 g/mol. The summed E-state index contributed by atoms with van der Waals surface area (Å²) in [7, 11) is 0. The topological polar surface area (TPSA) is 96.6 Å². The number of anilines is 1. The molecule has 0 aromatic carbocycles. The van der Waals surface area contributed by atoms with Gasteiger partial charge in [0.15, 0.2) is 5.82 Å².